The monoisotopic (exact) mass is 338 g/mol. The van der Waals surface area contributed by atoms with Crippen molar-refractivity contribution in [3.05, 3.63) is 45.6 Å². The number of thiazole rings is 1. The van der Waals surface area contributed by atoms with Crippen LogP contribution in [0, 0.1) is 13.8 Å². The van der Waals surface area contributed by atoms with Crippen LogP contribution >= 0.6 is 22.7 Å². The van der Waals surface area contributed by atoms with E-state index < -0.39 is 10.0 Å². The van der Waals surface area contributed by atoms with Gasteiger partial charge in [0, 0.05) is 7.05 Å². The van der Waals surface area contributed by atoms with Crippen LogP contribution in [0.25, 0.3) is 10.2 Å². The number of hydrogen-bond acceptors (Lipinski definition) is 4. The van der Waals surface area contributed by atoms with Gasteiger partial charge in [-0.25, -0.2) is 0 Å². The number of rotatable bonds is 2. The molecule has 3 rings (SSSR count). The smallest absolute Gasteiger partial charge is 0.294 e. The van der Waals surface area contributed by atoms with Gasteiger partial charge in [-0.2, -0.15) is 8.42 Å². The van der Waals surface area contributed by atoms with Crippen LogP contribution in [0.5, 0.6) is 0 Å². The number of aryl methyl sites for hydroxylation is 3. The molecule has 0 saturated carbocycles. The minimum atomic E-state index is -3.63. The van der Waals surface area contributed by atoms with E-state index in [0.717, 1.165) is 15.8 Å². The molecule has 0 unspecified atom stereocenters. The zero-order valence-electron chi connectivity index (χ0n) is 11.8. The Morgan fingerprint density at radius 3 is 2.62 bits per heavy atom. The minimum absolute atomic E-state index is 0.271. The van der Waals surface area contributed by atoms with Crippen molar-refractivity contribution in [2.45, 2.75) is 18.1 Å². The number of benzene rings is 1. The number of aromatic nitrogens is 1. The van der Waals surface area contributed by atoms with Gasteiger partial charge in [0.2, 0.25) is 4.80 Å². The predicted octanol–water partition coefficient (Wildman–Crippen LogP) is 3.21. The van der Waals surface area contributed by atoms with E-state index in [0.29, 0.717) is 4.80 Å². The fraction of sp³-hybridized carbons (Fsp3) is 0.214. The molecule has 0 atom stereocenters. The summed E-state index contributed by atoms with van der Waals surface area (Å²) in [6, 6.07) is 7.35. The average Bonchev–Trinajstić information content (AvgIpc) is 3.04. The van der Waals surface area contributed by atoms with Crippen molar-refractivity contribution < 1.29 is 8.42 Å². The zero-order valence-corrected chi connectivity index (χ0v) is 14.3. The van der Waals surface area contributed by atoms with E-state index >= 15 is 0 Å². The number of thiophene rings is 1. The molecule has 0 N–H and O–H groups in total. The standard InChI is InChI=1S/C14H14N2O2S3/c1-9-6-7-11-13(10(9)2)16(3)14(20-11)15-21(17,18)12-5-4-8-19-12/h4-8H,1-3H3. The van der Waals surface area contributed by atoms with E-state index in [1.807, 2.05) is 37.6 Å². The lowest BCUT2D eigenvalue weighted by molar-refractivity contribution is 0.598. The van der Waals surface area contributed by atoms with Crippen molar-refractivity contribution in [3.8, 4) is 0 Å². The first-order chi connectivity index (χ1) is 9.90. The molecule has 0 radical (unpaired) electrons. The van der Waals surface area contributed by atoms with Gasteiger partial charge in [0.15, 0.2) is 0 Å². The first kappa shape index (κ1) is 14.5. The Morgan fingerprint density at radius 1 is 1.19 bits per heavy atom. The molecule has 0 bridgehead atoms. The van der Waals surface area contributed by atoms with Gasteiger partial charge < -0.3 is 4.57 Å². The molecule has 0 saturated heterocycles. The van der Waals surface area contributed by atoms with Gasteiger partial charge in [-0.1, -0.05) is 23.5 Å². The molecule has 0 spiro atoms. The van der Waals surface area contributed by atoms with Crippen LogP contribution in [-0.4, -0.2) is 13.0 Å². The molecule has 0 aliphatic heterocycles. The van der Waals surface area contributed by atoms with Gasteiger partial charge in [-0.05, 0) is 42.5 Å². The maximum absolute atomic E-state index is 12.3. The number of nitrogens with zero attached hydrogens (tertiary/aromatic N) is 2. The Bertz CT molecular complexity index is 977. The summed E-state index contributed by atoms with van der Waals surface area (Å²) in [7, 11) is -1.77. The average molecular weight is 338 g/mol. The summed E-state index contributed by atoms with van der Waals surface area (Å²) in [5.41, 5.74) is 3.38. The third kappa shape index (κ3) is 2.45. The zero-order chi connectivity index (χ0) is 15.2. The molecule has 1 aromatic carbocycles. The maximum atomic E-state index is 12.3. The van der Waals surface area contributed by atoms with Crippen LogP contribution in [0.2, 0.25) is 0 Å². The fourth-order valence-electron chi connectivity index (χ4n) is 2.18. The van der Waals surface area contributed by atoms with Crippen molar-refractivity contribution in [2.24, 2.45) is 11.4 Å². The molecule has 7 heteroatoms. The van der Waals surface area contributed by atoms with Crippen LogP contribution in [0.3, 0.4) is 0 Å². The molecule has 2 aromatic heterocycles. The second-order valence-corrected chi connectivity index (χ2v) is 8.58. The van der Waals surface area contributed by atoms with E-state index in [4.69, 9.17) is 0 Å². The molecular weight excluding hydrogens is 324 g/mol. The summed E-state index contributed by atoms with van der Waals surface area (Å²) in [5.74, 6) is 0. The minimum Gasteiger partial charge on any atom is -0.319 e. The molecule has 4 nitrogen and oxygen atoms in total. The Morgan fingerprint density at radius 2 is 1.95 bits per heavy atom. The summed E-state index contributed by atoms with van der Waals surface area (Å²) in [5, 5.41) is 1.74. The highest BCUT2D eigenvalue weighted by Crippen LogP contribution is 2.24. The van der Waals surface area contributed by atoms with Gasteiger partial charge in [0.1, 0.15) is 4.21 Å². The lowest BCUT2D eigenvalue weighted by Crippen LogP contribution is -2.13. The molecule has 0 amide bonds. The SMILES string of the molecule is Cc1ccc2sc(=NS(=O)(=O)c3cccs3)n(C)c2c1C. The highest BCUT2D eigenvalue weighted by molar-refractivity contribution is 7.92. The highest BCUT2D eigenvalue weighted by Gasteiger charge is 2.15. The van der Waals surface area contributed by atoms with Crippen LogP contribution in [0.15, 0.2) is 38.3 Å². The largest absolute Gasteiger partial charge is 0.319 e. The summed E-state index contributed by atoms with van der Waals surface area (Å²) >= 11 is 2.57. The van der Waals surface area contributed by atoms with Crippen molar-refractivity contribution in [1.82, 2.24) is 4.57 Å². The van der Waals surface area contributed by atoms with E-state index in [-0.39, 0.29) is 4.21 Å². The third-order valence-corrected chi connectivity index (χ3v) is 7.29. The first-order valence-electron chi connectivity index (χ1n) is 6.30. The van der Waals surface area contributed by atoms with Crippen LogP contribution in [0.4, 0.5) is 0 Å². The van der Waals surface area contributed by atoms with Crippen molar-refractivity contribution in [1.29, 1.82) is 0 Å². The predicted molar refractivity (Wildman–Crippen MR) is 87.3 cm³/mol. The molecule has 0 aliphatic rings. The van der Waals surface area contributed by atoms with E-state index in [1.165, 1.54) is 28.2 Å². The van der Waals surface area contributed by atoms with Crippen LogP contribution < -0.4 is 4.80 Å². The molecule has 21 heavy (non-hydrogen) atoms. The number of hydrogen-bond donors (Lipinski definition) is 0. The van der Waals surface area contributed by atoms with E-state index in [9.17, 15) is 8.42 Å². The molecule has 110 valence electrons. The quantitative estimate of drug-likeness (QED) is 0.720. The Balaban J connectivity index is 2.30. The number of fused-ring (bicyclic) bond motifs is 1. The van der Waals surface area contributed by atoms with Crippen molar-refractivity contribution >= 4 is 42.9 Å². The molecule has 0 fully saturated rings. The lowest BCUT2D eigenvalue weighted by Gasteiger charge is -2.03. The van der Waals surface area contributed by atoms with Crippen LogP contribution in [-0.2, 0) is 17.1 Å². The number of sulfonamides is 1. The summed E-state index contributed by atoms with van der Waals surface area (Å²) in [6.07, 6.45) is 0. The molecule has 2 heterocycles. The summed E-state index contributed by atoms with van der Waals surface area (Å²) in [6.45, 7) is 4.09. The van der Waals surface area contributed by atoms with Gasteiger partial charge in [-0.15, -0.1) is 15.7 Å². The topological polar surface area (TPSA) is 51.4 Å². The summed E-state index contributed by atoms with van der Waals surface area (Å²) < 4.78 is 31.7. The van der Waals surface area contributed by atoms with Gasteiger partial charge in [0.05, 0.1) is 10.2 Å². The highest BCUT2D eigenvalue weighted by atomic mass is 32.2. The first-order valence-corrected chi connectivity index (χ1v) is 9.44. The van der Waals surface area contributed by atoms with E-state index in [1.54, 1.807) is 17.5 Å². The van der Waals surface area contributed by atoms with Gasteiger partial charge in [0.25, 0.3) is 10.0 Å². The third-order valence-electron chi connectivity index (χ3n) is 3.44. The Labute approximate surface area is 131 Å². The second-order valence-electron chi connectivity index (χ2n) is 4.80. The molecule has 0 aliphatic carbocycles. The normalized spacial score (nSPS) is 13.2. The second kappa shape index (κ2) is 5.08. The molecular formula is C14H14N2O2S3. The Hall–Kier alpha value is -1.44. The van der Waals surface area contributed by atoms with Crippen molar-refractivity contribution in [3.63, 3.8) is 0 Å². The molecule has 3 aromatic rings. The van der Waals surface area contributed by atoms with Gasteiger partial charge in [-0.3, -0.25) is 0 Å². The van der Waals surface area contributed by atoms with Crippen LogP contribution in [0.1, 0.15) is 11.1 Å². The fourth-order valence-corrected chi connectivity index (χ4v) is 5.45. The van der Waals surface area contributed by atoms with Crippen molar-refractivity contribution in [2.75, 3.05) is 0 Å². The van der Waals surface area contributed by atoms with Gasteiger partial charge >= 0.3 is 0 Å². The summed E-state index contributed by atoms with van der Waals surface area (Å²) in [4.78, 5) is 0.493. The lowest BCUT2D eigenvalue weighted by atomic mass is 10.1. The Kier molecular flexibility index (Phi) is 3.51. The van der Waals surface area contributed by atoms with E-state index in [2.05, 4.69) is 4.40 Å². The maximum Gasteiger partial charge on any atom is 0.294 e.